The van der Waals surface area contributed by atoms with Crippen LogP contribution >= 0.6 is 11.8 Å². The quantitative estimate of drug-likeness (QED) is 0.663. The van der Waals surface area contributed by atoms with Crippen LogP contribution < -0.4 is 10.2 Å². The fourth-order valence-electron chi connectivity index (χ4n) is 1.27. The zero-order valence-electron chi connectivity index (χ0n) is 8.82. The van der Waals surface area contributed by atoms with Crippen LogP contribution in [-0.2, 0) is 21.9 Å². The fraction of sp³-hybridized carbons (Fsp3) is 0.300. The van der Waals surface area contributed by atoms with Crippen molar-refractivity contribution in [3.63, 3.8) is 0 Å². The molecule has 0 aromatic carbocycles. The predicted molar refractivity (Wildman–Crippen MR) is 56.1 cm³/mol. The molecule has 1 aromatic rings. The summed E-state index contributed by atoms with van der Waals surface area (Å²) < 4.78 is 0. The SMILES string of the molecule is CC1(C(=O)[O-])CSC(c2ncccc2[O-])=N1.[Fe+2]. The molecule has 5 nitrogen and oxygen atoms in total. The Kier molecular flexibility index (Phi) is 4.19. The van der Waals surface area contributed by atoms with Crippen molar-refractivity contribution in [1.29, 1.82) is 0 Å². The van der Waals surface area contributed by atoms with Crippen LogP contribution in [0.4, 0.5) is 0 Å². The van der Waals surface area contributed by atoms with E-state index in [0.717, 1.165) is 0 Å². The van der Waals surface area contributed by atoms with E-state index in [0.29, 0.717) is 5.04 Å². The molecule has 90 valence electrons. The van der Waals surface area contributed by atoms with Gasteiger partial charge in [0.15, 0.2) is 0 Å². The molecule has 17 heavy (non-hydrogen) atoms. The molecule has 1 atom stereocenters. The topological polar surface area (TPSA) is 88.4 Å². The smallest absolute Gasteiger partial charge is 0.871 e. The van der Waals surface area contributed by atoms with Crippen molar-refractivity contribution in [2.45, 2.75) is 12.5 Å². The normalized spacial score (nSPS) is 22.8. The molecule has 0 fully saturated rings. The molecule has 0 saturated carbocycles. The van der Waals surface area contributed by atoms with Crippen LogP contribution in [0.2, 0.25) is 0 Å². The van der Waals surface area contributed by atoms with Gasteiger partial charge in [0.05, 0.1) is 11.7 Å². The molecule has 1 aliphatic rings. The standard InChI is InChI=1S/C10H10N2O3S.Fe/c1-10(9(14)15)5-16-8(12-10)7-6(13)3-2-4-11-7;/h2-4,13H,5H2,1H3,(H,14,15);/q;+2/p-2. The minimum Gasteiger partial charge on any atom is -0.871 e. The molecular weight excluding hydrogens is 284 g/mol. The second-order valence-corrected chi connectivity index (χ2v) is 4.58. The van der Waals surface area contributed by atoms with Crippen molar-refractivity contribution in [3.05, 3.63) is 24.0 Å². The Morgan fingerprint density at radius 1 is 1.59 bits per heavy atom. The van der Waals surface area contributed by atoms with Crippen LogP contribution in [0.3, 0.4) is 0 Å². The van der Waals surface area contributed by atoms with Gasteiger partial charge in [-0.15, -0.1) is 11.8 Å². The molecule has 1 unspecified atom stereocenters. The van der Waals surface area contributed by atoms with Gasteiger partial charge in [-0.1, -0.05) is 11.8 Å². The monoisotopic (exact) mass is 292 g/mol. The van der Waals surface area contributed by atoms with Gasteiger partial charge < -0.3 is 15.0 Å². The van der Waals surface area contributed by atoms with E-state index in [9.17, 15) is 15.0 Å². The van der Waals surface area contributed by atoms with Crippen LogP contribution in [0.15, 0.2) is 23.3 Å². The van der Waals surface area contributed by atoms with Gasteiger partial charge >= 0.3 is 17.1 Å². The van der Waals surface area contributed by atoms with Gasteiger partial charge in [-0.25, -0.2) is 0 Å². The summed E-state index contributed by atoms with van der Waals surface area (Å²) in [7, 11) is 0. The summed E-state index contributed by atoms with van der Waals surface area (Å²) in [6.07, 6.45) is 1.48. The Hall–Kier alpha value is -1.04. The van der Waals surface area contributed by atoms with E-state index in [2.05, 4.69) is 9.98 Å². The van der Waals surface area contributed by atoms with Crippen LogP contribution in [-0.4, -0.2) is 27.3 Å². The largest absolute Gasteiger partial charge is 2.00 e. The summed E-state index contributed by atoms with van der Waals surface area (Å²) in [5.41, 5.74) is -1.05. The number of carbonyl (C=O) groups is 1. The number of aromatic nitrogens is 1. The summed E-state index contributed by atoms with van der Waals surface area (Å²) in [4.78, 5) is 18.8. The van der Waals surface area contributed by atoms with Crippen molar-refractivity contribution in [3.8, 4) is 5.75 Å². The van der Waals surface area contributed by atoms with E-state index in [-0.39, 0.29) is 34.3 Å². The first-order valence-electron chi connectivity index (χ1n) is 4.59. The molecule has 0 N–H and O–H groups in total. The fourth-order valence-corrected chi connectivity index (χ4v) is 2.43. The van der Waals surface area contributed by atoms with E-state index in [1.165, 1.54) is 37.0 Å². The summed E-state index contributed by atoms with van der Waals surface area (Å²) in [5.74, 6) is -1.23. The number of thioether (sulfide) groups is 1. The van der Waals surface area contributed by atoms with Gasteiger partial charge in [-0.05, 0) is 13.0 Å². The van der Waals surface area contributed by atoms with Gasteiger partial charge in [0.25, 0.3) is 0 Å². The Morgan fingerprint density at radius 3 is 2.82 bits per heavy atom. The second kappa shape index (κ2) is 5.08. The van der Waals surface area contributed by atoms with E-state index in [1.807, 2.05) is 0 Å². The summed E-state index contributed by atoms with van der Waals surface area (Å²) in [5, 5.41) is 22.7. The minimum absolute atomic E-state index is 0. The molecule has 0 aliphatic carbocycles. The van der Waals surface area contributed by atoms with Crippen LogP contribution in [0.5, 0.6) is 5.75 Å². The summed E-state index contributed by atoms with van der Waals surface area (Å²) in [6, 6.07) is 2.91. The number of carboxylic acid groups (broad SMARTS) is 1. The number of aliphatic imine (C=N–C) groups is 1. The maximum atomic E-state index is 11.5. The van der Waals surface area contributed by atoms with Gasteiger partial charge in [0.2, 0.25) is 0 Å². The maximum Gasteiger partial charge on any atom is 2.00 e. The molecule has 0 radical (unpaired) electrons. The third-order valence-electron chi connectivity index (χ3n) is 2.25. The molecule has 2 rings (SSSR count). The van der Waals surface area contributed by atoms with Crippen LogP contribution in [0, 0.1) is 0 Å². The van der Waals surface area contributed by atoms with Crippen molar-refractivity contribution in [2.75, 3.05) is 5.75 Å². The third-order valence-corrected chi connectivity index (χ3v) is 3.52. The van der Waals surface area contributed by atoms with Gasteiger partial charge in [-0.2, -0.15) is 0 Å². The van der Waals surface area contributed by atoms with E-state index in [4.69, 9.17) is 0 Å². The average molecular weight is 292 g/mol. The van der Waals surface area contributed by atoms with Crippen LogP contribution in [0.25, 0.3) is 0 Å². The number of rotatable bonds is 2. The van der Waals surface area contributed by atoms with Gasteiger partial charge in [0.1, 0.15) is 10.6 Å². The molecule has 1 aliphatic heterocycles. The van der Waals surface area contributed by atoms with Crippen molar-refractivity contribution < 1.29 is 32.1 Å². The Morgan fingerprint density at radius 2 is 2.29 bits per heavy atom. The molecule has 0 saturated heterocycles. The number of carbonyl (C=O) groups excluding carboxylic acids is 1. The minimum atomic E-state index is -1.26. The molecule has 7 heteroatoms. The second-order valence-electron chi connectivity index (χ2n) is 3.62. The number of hydrogen-bond donors (Lipinski definition) is 0. The van der Waals surface area contributed by atoms with E-state index >= 15 is 0 Å². The summed E-state index contributed by atoms with van der Waals surface area (Å²) >= 11 is 1.21. The maximum absolute atomic E-state index is 11.5. The number of carboxylic acids is 1. The number of hydrogen-bond acceptors (Lipinski definition) is 6. The number of aliphatic carboxylic acids is 1. The van der Waals surface area contributed by atoms with Crippen molar-refractivity contribution in [2.24, 2.45) is 4.99 Å². The van der Waals surface area contributed by atoms with E-state index in [1.54, 1.807) is 0 Å². The molecular formula is C10H8FeN2O3S. The molecule has 1 aromatic heterocycles. The Bertz CT molecular complexity index is 480. The molecule has 2 heterocycles. The zero-order valence-corrected chi connectivity index (χ0v) is 10.7. The van der Waals surface area contributed by atoms with Crippen molar-refractivity contribution >= 4 is 22.8 Å². The van der Waals surface area contributed by atoms with Gasteiger partial charge in [0, 0.05) is 11.9 Å². The predicted octanol–water partition coefficient (Wildman–Crippen LogP) is -0.845. The van der Waals surface area contributed by atoms with Crippen molar-refractivity contribution in [1.82, 2.24) is 4.98 Å². The zero-order chi connectivity index (χ0) is 11.8. The van der Waals surface area contributed by atoms with Crippen LogP contribution in [0.1, 0.15) is 12.6 Å². The Labute approximate surface area is 113 Å². The van der Waals surface area contributed by atoms with Gasteiger partial charge in [-0.3, -0.25) is 9.98 Å². The third kappa shape index (κ3) is 2.62. The number of pyridine rings is 1. The molecule has 0 bridgehead atoms. The molecule has 0 amide bonds. The summed E-state index contributed by atoms with van der Waals surface area (Å²) in [6.45, 7) is 1.47. The first-order chi connectivity index (χ1) is 7.53. The molecule has 0 spiro atoms. The average Bonchev–Trinajstić information content (AvgIpc) is 2.63. The first-order valence-corrected chi connectivity index (χ1v) is 5.58. The van der Waals surface area contributed by atoms with E-state index < -0.39 is 11.5 Å². The first kappa shape index (κ1) is 14.0. The number of nitrogens with zero attached hydrogens (tertiary/aromatic N) is 2. The Balaban J connectivity index is 0.00000144.